The van der Waals surface area contributed by atoms with Gasteiger partial charge in [-0.1, -0.05) is 6.07 Å². The summed E-state index contributed by atoms with van der Waals surface area (Å²) in [4.78, 5) is 16.0. The molecule has 1 heterocycles. The molecular formula is C18H11F4N3O. The predicted octanol–water partition coefficient (Wildman–Crippen LogP) is 4.63. The monoisotopic (exact) mass is 361 g/mol. The molecule has 0 aliphatic rings. The standard InChI is InChI=1S/C18H11F4N3O/c19-10-2-1-3-11(8-10)24-15-7-4-12(9-23-15)25-18(26)13-5-6-14(20)17(22)16(13)21/h1-9H,(H,23,24)(H,25,26). The summed E-state index contributed by atoms with van der Waals surface area (Å²) in [6.07, 6.45) is 1.28. The van der Waals surface area contributed by atoms with Crippen LogP contribution in [0.5, 0.6) is 0 Å². The summed E-state index contributed by atoms with van der Waals surface area (Å²) in [5, 5.41) is 5.19. The molecule has 0 saturated heterocycles. The zero-order valence-corrected chi connectivity index (χ0v) is 13.1. The first-order chi connectivity index (χ1) is 12.4. The number of aromatic nitrogens is 1. The summed E-state index contributed by atoms with van der Waals surface area (Å²) in [5.41, 5.74) is 0.0629. The number of halogens is 4. The lowest BCUT2D eigenvalue weighted by molar-refractivity contribution is 0.102. The third kappa shape index (κ3) is 3.80. The minimum Gasteiger partial charge on any atom is -0.340 e. The first-order valence-electron chi connectivity index (χ1n) is 7.37. The molecule has 0 unspecified atom stereocenters. The number of carbonyl (C=O) groups is 1. The topological polar surface area (TPSA) is 54.0 Å². The van der Waals surface area contributed by atoms with Crippen LogP contribution >= 0.6 is 0 Å². The van der Waals surface area contributed by atoms with Crippen LogP contribution in [0, 0.1) is 23.3 Å². The van der Waals surface area contributed by atoms with Crippen LogP contribution in [0.3, 0.4) is 0 Å². The fourth-order valence-corrected chi connectivity index (χ4v) is 2.16. The minimum atomic E-state index is -1.72. The zero-order valence-electron chi connectivity index (χ0n) is 13.1. The second-order valence-electron chi connectivity index (χ2n) is 5.24. The largest absolute Gasteiger partial charge is 0.340 e. The molecule has 4 nitrogen and oxygen atoms in total. The Balaban J connectivity index is 1.71. The third-order valence-corrected chi connectivity index (χ3v) is 3.40. The number of anilines is 3. The Kier molecular flexibility index (Phi) is 4.83. The van der Waals surface area contributed by atoms with Crippen LogP contribution in [0.2, 0.25) is 0 Å². The Bertz CT molecular complexity index is 961. The van der Waals surface area contributed by atoms with Gasteiger partial charge in [-0.05, 0) is 42.5 Å². The van der Waals surface area contributed by atoms with Crippen LogP contribution in [-0.2, 0) is 0 Å². The van der Waals surface area contributed by atoms with E-state index in [0.717, 1.165) is 6.07 Å². The molecule has 2 N–H and O–H groups in total. The van der Waals surface area contributed by atoms with E-state index >= 15 is 0 Å². The number of rotatable bonds is 4. The van der Waals surface area contributed by atoms with E-state index in [0.29, 0.717) is 17.6 Å². The van der Waals surface area contributed by atoms with Gasteiger partial charge in [-0.3, -0.25) is 4.79 Å². The van der Waals surface area contributed by atoms with E-state index in [-0.39, 0.29) is 5.69 Å². The van der Waals surface area contributed by atoms with Gasteiger partial charge in [0.15, 0.2) is 17.5 Å². The zero-order chi connectivity index (χ0) is 18.7. The molecule has 0 saturated carbocycles. The van der Waals surface area contributed by atoms with Crippen molar-refractivity contribution in [2.75, 3.05) is 10.6 Å². The van der Waals surface area contributed by atoms with Gasteiger partial charge in [0.05, 0.1) is 17.4 Å². The van der Waals surface area contributed by atoms with Crippen molar-refractivity contribution in [1.29, 1.82) is 0 Å². The van der Waals surface area contributed by atoms with Crippen molar-refractivity contribution in [3.63, 3.8) is 0 Å². The van der Waals surface area contributed by atoms with E-state index in [1.165, 1.54) is 36.5 Å². The highest BCUT2D eigenvalue weighted by atomic mass is 19.2. The average molecular weight is 361 g/mol. The maximum absolute atomic E-state index is 13.6. The summed E-state index contributed by atoms with van der Waals surface area (Å²) < 4.78 is 52.9. The highest BCUT2D eigenvalue weighted by Crippen LogP contribution is 2.19. The summed E-state index contributed by atoms with van der Waals surface area (Å²) in [5.74, 6) is -5.65. The Morgan fingerprint density at radius 1 is 0.885 bits per heavy atom. The quantitative estimate of drug-likeness (QED) is 0.526. The number of hydrogen-bond acceptors (Lipinski definition) is 3. The summed E-state index contributed by atoms with van der Waals surface area (Å²) in [7, 11) is 0. The summed E-state index contributed by atoms with van der Waals surface area (Å²) in [6, 6.07) is 10.2. The van der Waals surface area contributed by atoms with Crippen molar-refractivity contribution < 1.29 is 22.4 Å². The van der Waals surface area contributed by atoms with Gasteiger partial charge in [0, 0.05) is 5.69 Å². The molecule has 0 atom stereocenters. The lowest BCUT2D eigenvalue weighted by Crippen LogP contribution is -2.15. The average Bonchev–Trinajstić information content (AvgIpc) is 2.61. The number of carbonyl (C=O) groups excluding carboxylic acids is 1. The molecule has 1 aromatic heterocycles. The van der Waals surface area contributed by atoms with Crippen LogP contribution in [0.4, 0.5) is 34.8 Å². The van der Waals surface area contributed by atoms with Crippen LogP contribution in [-0.4, -0.2) is 10.9 Å². The lowest BCUT2D eigenvalue weighted by atomic mass is 10.2. The van der Waals surface area contributed by atoms with E-state index in [1.54, 1.807) is 6.07 Å². The Hall–Kier alpha value is -3.42. The molecular weight excluding hydrogens is 350 g/mol. The van der Waals surface area contributed by atoms with Crippen molar-refractivity contribution in [2.24, 2.45) is 0 Å². The van der Waals surface area contributed by atoms with Crippen LogP contribution < -0.4 is 10.6 Å². The molecule has 3 aromatic rings. The number of nitrogens with zero attached hydrogens (tertiary/aromatic N) is 1. The number of amides is 1. The molecule has 0 spiro atoms. The smallest absolute Gasteiger partial charge is 0.258 e. The molecule has 0 aliphatic heterocycles. The number of nitrogens with one attached hydrogen (secondary N) is 2. The van der Waals surface area contributed by atoms with Crippen LogP contribution in [0.25, 0.3) is 0 Å². The molecule has 0 radical (unpaired) electrons. The molecule has 0 fully saturated rings. The third-order valence-electron chi connectivity index (χ3n) is 3.40. The number of benzene rings is 2. The molecule has 1 amide bonds. The Morgan fingerprint density at radius 3 is 2.38 bits per heavy atom. The fraction of sp³-hybridized carbons (Fsp3) is 0. The van der Waals surface area contributed by atoms with E-state index in [2.05, 4.69) is 15.6 Å². The van der Waals surface area contributed by atoms with Gasteiger partial charge in [-0.15, -0.1) is 0 Å². The number of pyridine rings is 1. The summed E-state index contributed by atoms with van der Waals surface area (Å²) in [6.45, 7) is 0. The predicted molar refractivity (Wildman–Crippen MR) is 88.2 cm³/mol. The van der Waals surface area contributed by atoms with E-state index < -0.39 is 34.7 Å². The van der Waals surface area contributed by atoms with Crippen molar-refractivity contribution in [3.8, 4) is 0 Å². The molecule has 8 heteroatoms. The van der Waals surface area contributed by atoms with Crippen molar-refractivity contribution in [1.82, 2.24) is 4.98 Å². The maximum atomic E-state index is 13.6. The van der Waals surface area contributed by atoms with Crippen molar-refractivity contribution >= 4 is 23.1 Å². The highest BCUT2D eigenvalue weighted by Gasteiger charge is 2.18. The fourth-order valence-electron chi connectivity index (χ4n) is 2.16. The normalized spacial score (nSPS) is 10.5. The van der Waals surface area contributed by atoms with Gasteiger partial charge < -0.3 is 10.6 Å². The van der Waals surface area contributed by atoms with E-state index in [1.807, 2.05) is 0 Å². The van der Waals surface area contributed by atoms with Crippen LogP contribution in [0.15, 0.2) is 54.7 Å². The maximum Gasteiger partial charge on any atom is 0.258 e. The van der Waals surface area contributed by atoms with Gasteiger partial charge in [-0.25, -0.2) is 22.5 Å². The molecule has 3 rings (SSSR count). The lowest BCUT2D eigenvalue weighted by Gasteiger charge is -2.09. The number of hydrogen-bond donors (Lipinski definition) is 2. The molecule has 0 bridgehead atoms. The first kappa shape index (κ1) is 17.4. The highest BCUT2D eigenvalue weighted by molar-refractivity contribution is 6.04. The van der Waals surface area contributed by atoms with Gasteiger partial charge >= 0.3 is 0 Å². The molecule has 2 aromatic carbocycles. The summed E-state index contributed by atoms with van der Waals surface area (Å²) >= 11 is 0. The van der Waals surface area contributed by atoms with E-state index in [9.17, 15) is 22.4 Å². The Labute approximate surface area is 145 Å². The SMILES string of the molecule is O=C(Nc1ccc(Nc2cccc(F)c2)nc1)c1ccc(F)c(F)c1F. The second-order valence-corrected chi connectivity index (χ2v) is 5.24. The van der Waals surface area contributed by atoms with Gasteiger partial charge in [0.1, 0.15) is 11.6 Å². The van der Waals surface area contributed by atoms with Crippen molar-refractivity contribution in [2.45, 2.75) is 0 Å². The van der Waals surface area contributed by atoms with Gasteiger partial charge in [0.2, 0.25) is 0 Å². The molecule has 26 heavy (non-hydrogen) atoms. The molecule has 0 aliphatic carbocycles. The minimum absolute atomic E-state index is 0.212. The molecule has 132 valence electrons. The van der Waals surface area contributed by atoms with Crippen LogP contribution in [0.1, 0.15) is 10.4 Å². The van der Waals surface area contributed by atoms with Gasteiger partial charge in [0.25, 0.3) is 5.91 Å². The van der Waals surface area contributed by atoms with E-state index in [4.69, 9.17) is 0 Å². The van der Waals surface area contributed by atoms with Crippen molar-refractivity contribution in [3.05, 3.63) is 83.6 Å². The first-order valence-corrected chi connectivity index (χ1v) is 7.37. The Morgan fingerprint density at radius 2 is 1.69 bits per heavy atom. The van der Waals surface area contributed by atoms with Gasteiger partial charge in [-0.2, -0.15) is 0 Å². The second kappa shape index (κ2) is 7.22.